The van der Waals surface area contributed by atoms with Gasteiger partial charge in [-0.25, -0.2) is 4.98 Å². The quantitative estimate of drug-likeness (QED) is 0.796. The molecule has 0 bridgehead atoms. The van der Waals surface area contributed by atoms with E-state index in [-0.39, 0.29) is 0 Å². The minimum absolute atomic E-state index is 0.639. The van der Waals surface area contributed by atoms with E-state index in [0.717, 1.165) is 18.0 Å². The van der Waals surface area contributed by atoms with Crippen LogP contribution in [0.5, 0.6) is 0 Å². The van der Waals surface area contributed by atoms with Crippen molar-refractivity contribution < 1.29 is 0 Å². The van der Waals surface area contributed by atoms with Crippen molar-refractivity contribution in [2.24, 2.45) is 5.92 Å². The van der Waals surface area contributed by atoms with E-state index in [9.17, 15) is 0 Å². The molecule has 1 aliphatic heterocycles. The highest BCUT2D eigenvalue weighted by molar-refractivity contribution is 5.28. The van der Waals surface area contributed by atoms with Gasteiger partial charge >= 0.3 is 0 Å². The van der Waals surface area contributed by atoms with E-state index in [1.807, 2.05) is 12.1 Å². The van der Waals surface area contributed by atoms with E-state index in [0.29, 0.717) is 5.82 Å². The summed E-state index contributed by atoms with van der Waals surface area (Å²) in [4.78, 5) is 6.74. The van der Waals surface area contributed by atoms with Gasteiger partial charge in [-0.1, -0.05) is 6.07 Å². The molecule has 1 aromatic rings. The fraction of sp³-hybridized carbons (Fsp3) is 0.583. The summed E-state index contributed by atoms with van der Waals surface area (Å²) in [5, 5.41) is 0. The van der Waals surface area contributed by atoms with Crippen LogP contribution in [0.2, 0.25) is 0 Å². The molecule has 2 heterocycles. The van der Waals surface area contributed by atoms with Crippen LogP contribution >= 0.6 is 0 Å². The number of rotatable bonds is 2. The third kappa shape index (κ3) is 2.93. The summed E-state index contributed by atoms with van der Waals surface area (Å²) in [7, 11) is 2.19. The number of anilines is 1. The lowest BCUT2D eigenvalue weighted by Gasteiger charge is -2.28. The van der Waals surface area contributed by atoms with Crippen molar-refractivity contribution >= 4 is 5.82 Å². The largest absolute Gasteiger partial charge is 0.384 e. The normalized spacial score (nSPS) is 19.3. The molecule has 1 aliphatic rings. The molecular formula is C12H19N3. The second kappa shape index (κ2) is 4.62. The van der Waals surface area contributed by atoms with Gasteiger partial charge in [0.2, 0.25) is 0 Å². The second-order valence-electron chi connectivity index (χ2n) is 4.50. The average molecular weight is 205 g/mol. The molecule has 3 nitrogen and oxygen atoms in total. The number of hydrogen-bond donors (Lipinski definition) is 1. The summed E-state index contributed by atoms with van der Waals surface area (Å²) >= 11 is 0. The van der Waals surface area contributed by atoms with Gasteiger partial charge in [0.05, 0.1) is 0 Å². The van der Waals surface area contributed by atoms with Crippen molar-refractivity contribution in [1.82, 2.24) is 9.88 Å². The third-order valence-corrected chi connectivity index (χ3v) is 3.16. The number of nitrogens with two attached hydrogens (primary N) is 1. The number of nitrogens with zero attached hydrogens (tertiary/aromatic N) is 2. The Kier molecular flexibility index (Phi) is 3.21. The molecular weight excluding hydrogens is 186 g/mol. The number of pyridine rings is 1. The zero-order chi connectivity index (χ0) is 10.7. The van der Waals surface area contributed by atoms with Crippen molar-refractivity contribution in [3.8, 4) is 0 Å². The SMILES string of the molecule is CN1CCC(Cc2cccc(N)n2)CC1. The van der Waals surface area contributed by atoms with Crippen molar-refractivity contribution in [3.05, 3.63) is 23.9 Å². The standard InChI is InChI=1S/C12H19N3/c1-15-7-5-10(6-8-15)9-11-3-2-4-12(13)14-11/h2-4,10H,5-9H2,1H3,(H2,13,14). The van der Waals surface area contributed by atoms with Crippen LogP contribution in [-0.2, 0) is 6.42 Å². The number of nitrogen functional groups attached to an aromatic ring is 1. The lowest BCUT2D eigenvalue weighted by atomic mass is 9.92. The first-order chi connectivity index (χ1) is 7.24. The molecule has 0 spiro atoms. The van der Waals surface area contributed by atoms with E-state index in [1.54, 1.807) is 0 Å². The lowest BCUT2D eigenvalue weighted by Crippen LogP contribution is -2.31. The van der Waals surface area contributed by atoms with Crippen LogP contribution < -0.4 is 5.73 Å². The highest BCUT2D eigenvalue weighted by atomic mass is 15.1. The molecule has 0 saturated carbocycles. The zero-order valence-electron chi connectivity index (χ0n) is 9.32. The topological polar surface area (TPSA) is 42.1 Å². The molecule has 2 N–H and O–H groups in total. The lowest BCUT2D eigenvalue weighted by molar-refractivity contribution is 0.218. The average Bonchev–Trinajstić information content (AvgIpc) is 2.22. The Morgan fingerprint density at radius 2 is 2.13 bits per heavy atom. The van der Waals surface area contributed by atoms with Crippen LogP contribution in [-0.4, -0.2) is 30.0 Å². The molecule has 0 radical (unpaired) electrons. The molecule has 0 atom stereocenters. The third-order valence-electron chi connectivity index (χ3n) is 3.16. The van der Waals surface area contributed by atoms with Gasteiger partial charge in [0.25, 0.3) is 0 Å². The van der Waals surface area contributed by atoms with Crippen molar-refractivity contribution in [1.29, 1.82) is 0 Å². The minimum Gasteiger partial charge on any atom is -0.384 e. The molecule has 1 fully saturated rings. The molecule has 1 aromatic heterocycles. The van der Waals surface area contributed by atoms with E-state index in [1.165, 1.54) is 25.9 Å². The van der Waals surface area contributed by atoms with Gasteiger partial charge in [-0.2, -0.15) is 0 Å². The summed E-state index contributed by atoms with van der Waals surface area (Å²) in [6.45, 7) is 2.43. The minimum atomic E-state index is 0.639. The molecule has 0 aliphatic carbocycles. The summed E-state index contributed by atoms with van der Waals surface area (Å²) < 4.78 is 0. The Labute approximate surface area is 91.3 Å². The van der Waals surface area contributed by atoms with E-state index >= 15 is 0 Å². The molecule has 1 saturated heterocycles. The van der Waals surface area contributed by atoms with Crippen LogP contribution in [0.15, 0.2) is 18.2 Å². The first-order valence-corrected chi connectivity index (χ1v) is 5.64. The van der Waals surface area contributed by atoms with E-state index < -0.39 is 0 Å². The van der Waals surface area contributed by atoms with Crippen molar-refractivity contribution in [2.45, 2.75) is 19.3 Å². The maximum atomic E-state index is 5.67. The van der Waals surface area contributed by atoms with Gasteiger partial charge < -0.3 is 10.6 Å². The number of piperidine rings is 1. The fourth-order valence-corrected chi connectivity index (χ4v) is 2.17. The van der Waals surface area contributed by atoms with Gasteiger partial charge in [-0.3, -0.25) is 0 Å². The Morgan fingerprint density at radius 1 is 1.40 bits per heavy atom. The second-order valence-corrected chi connectivity index (χ2v) is 4.50. The monoisotopic (exact) mass is 205 g/mol. The number of likely N-dealkylation sites (tertiary alicyclic amines) is 1. The summed E-state index contributed by atoms with van der Waals surface area (Å²) in [6, 6.07) is 5.92. The Bertz CT molecular complexity index is 316. The smallest absolute Gasteiger partial charge is 0.123 e. The van der Waals surface area contributed by atoms with Crippen LogP contribution in [0.3, 0.4) is 0 Å². The number of hydrogen-bond acceptors (Lipinski definition) is 3. The molecule has 15 heavy (non-hydrogen) atoms. The van der Waals surface area contributed by atoms with Gasteiger partial charge in [-0.15, -0.1) is 0 Å². The highest BCUT2D eigenvalue weighted by Gasteiger charge is 2.17. The first-order valence-electron chi connectivity index (χ1n) is 5.64. The molecule has 0 aromatic carbocycles. The summed E-state index contributed by atoms with van der Waals surface area (Å²) in [5.74, 6) is 1.43. The molecule has 82 valence electrons. The predicted molar refractivity (Wildman–Crippen MR) is 62.6 cm³/mol. The van der Waals surface area contributed by atoms with E-state index in [4.69, 9.17) is 5.73 Å². The number of aromatic nitrogens is 1. The van der Waals surface area contributed by atoms with Gasteiger partial charge in [0.1, 0.15) is 5.82 Å². The van der Waals surface area contributed by atoms with Crippen LogP contribution in [0.25, 0.3) is 0 Å². The highest BCUT2D eigenvalue weighted by Crippen LogP contribution is 2.20. The maximum absolute atomic E-state index is 5.67. The molecule has 0 unspecified atom stereocenters. The Morgan fingerprint density at radius 3 is 2.80 bits per heavy atom. The molecule has 3 heteroatoms. The van der Waals surface area contributed by atoms with E-state index in [2.05, 4.69) is 23.0 Å². The summed E-state index contributed by atoms with van der Waals surface area (Å²) in [5.41, 5.74) is 6.81. The first kappa shape index (κ1) is 10.4. The van der Waals surface area contributed by atoms with Gasteiger partial charge in [0.15, 0.2) is 0 Å². The van der Waals surface area contributed by atoms with Crippen LogP contribution in [0.4, 0.5) is 5.82 Å². The van der Waals surface area contributed by atoms with Gasteiger partial charge in [-0.05, 0) is 57.5 Å². The van der Waals surface area contributed by atoms with Crippen LogP contribution in [0.1, 0.15) is 18.5 Å². The van der Waals surface area contributed by atoms with Crippen LogP contribution in [0, 0.1) is 5.92 Å². The van der Waals surface area contributed by atoms with Crippen molar-refractivity contribution in [2.75, 3.05) is 25.9 Å². The summed E-state index contributed by atoms with van der Waals surface area (Å²) in [6.07, 6.45) is 3.65. The zero-order valence-corrected chi connectivity index (χ0v) is 9.32. The maximum Gasteiger partial charge on any atom is 0.123 e. The molecule has 2 rings (SSSR count). The van der Waals surface area contributed by atoms with Gasteiger partial charge in [0, 0.05) is 5.69 Å². The predicted octanol–water partition coefficient (Wildman–Crippen LogP) is 1.55. The molecule has 0 amide bonds. The Hall–Kier alpha value is -1.09. The fourth-order valence-electron chi connectivity index (χ4n) is 2.17. The Balaban J connectivity index is 1.92. The van der Waals surface area contributed by atoms with Crippen molar-refractivity contribution in [3.63, 3.8) is 0 Å².